The van der Waals surface area contributed by atoms with Gasteiger partial charge in [-0.3, -0.25) is 0 Å². The Morgan fingerprint density at radius 2 is 2.40 bits per heavy atom. The Balaban J connectivity index is 2.42. The topological polar surface area (TPSA) is 85.0 Å². The molecule has 20 heavy (non-hydrogen) atoms. The summed E-state index contributed by atoms with van der Waals surface area (Å²) in [7, 11) is 1.23. The Bertz CT molecular complexity index is 509. The molecule has 0 spiro atoms. The first-order valence-electron chi connectivity index (χ1n) is 6.21. The van der Waals surface area contributed by atoms with Crippen molar-refractivity contribution >= 4 is 17.3 Å². The molecule has 0 aromatic heterocycles. The van der Waals surface area contributed by atoms with Crippen molar-refractivity contribution in [3.05, 3.63) is 23.5 Å². The fraction of sp³-hybridized carbons (Fsp3) is 0.462. The number of methoxy groups -OCH3 is 1. The minimum absolute atomic E-state index is 0.0203. The van der Waals surface area contributed by atoms with E-state index in [1.807, 2.05) is 0 Å². The molecule has 1 fully saturated rings. The van der Waals surface area contributed by atoms with Crippen LogP contribution < -0.4 is 10.6 Å². The minimum Gasteiger partial charge on any atom is -0.465 e. The zero-order chi connectivity index (χ0) is 14.7. The lowest BCUT2D eigenvalue weighted by Gasteiger charge is -2.36. The van der Waals surface area contributed by atoms with Crippen LogP contribution in [0.25, 0.3) is 0 Å². The van der Waals surface area contributed by atoms with Gasteiger partial charge in [0.05, 0.1) is 44.2 Å². The van der Waals surface area contributed by atoms with Gasteiger partial charge in [-0.15, -0.1) is 0 Å². The van der Waals surface area contributed by atoms with Crippen LogP contribution in [0.4, 0.5) is 15.8 Å². The lowest BCUT2D eigenvalue weighted by molar-refractivity contribution is 0.0601. The first-order valence-corrected chi connectivity index (χ1v) is 6.21. The molecule has 0 aliphatic carbocycles. The van der Waals surface area contributed by atoms with E-state index in [9.17, 15) is 14.3 Å². The first kappa shape index (κ1) is 14.5. The van der Waals surface area contributed by atoms with Crippen molar-refractivity contribution in [2.24, 2.45) is 0 Å². The van der Waals surface area contributed by atoms with Gasteiger partial charge in [-0.2, -0.15) is 0 Å². The lowest BCUT2D eigenvalue weighted by atomic mass is 10.1. The molecule has 1 atom stereocenters. The molecule has 0 radical (unpaired) electrons. The van der Waals surface area contributed by atoms with Crippen LogP contribution in [0, 0.1) is 5.82 Å². The second kappa shape index (κ2) is 6.06. The number of hydrogen-bond donors (Lipinski definition) is 2. The van der Waals surface area contributed by atoms with Crippen LogP contribution in [0.5, 0.6) is 0 Å². The molecular formula is C13H17FN2O4. The Kier molecular flexibility index (Phi) is 4.41. The minimum atomic E-state index is -0.627. The quantitative estimate of drug-likeness (QED) is 0.617. The number of carbonyl (C=O) groups excluding carboxylic acids is 1. The molecule has 1 aliphatic heterocycles. The number of nitrogens with two attached hydrogens (primary N) is 1. The van der Waals surface area contributed by atoms with Crippen LogP contribution in [-0.4, -0.2) is 50.6 Å². The average Bonchev–Trinajstić information content (AvgIpc) is 2.46. The molecule has 1 aromatic carbocycles. The van der Waals surface area contributed by atoms with E-state index in [1.54, 1.807) is 4.90 Å². The second-order valence-corrected chi connectivity index (χ2v) is 4.49. The molecule has 6 nitrogen and oxygen atoms in total. The number of carbonyl (C=O) groups is 1. The molecule has 1 aromatic rings. The molecule has 1 unspecified atom stereocenters. The number of nitrogens with zero attached hydrogens (tertiary/aromatic N) is 1. The van der Waals surface area contributed by atoms with Crippen molar-refractivity contribution in [3.63, 3.8) is 0 Å². The maximum atomic E-state index is 14.1. The molecule has 0 amide bonds. The molecule has 7 heteroatoms. The lowest BCUT2D eigenvalue weighted by Crippen LogP contribution is -2.48. The van der Waals surface area contributed by atoms with E-state index in [1.165, 1.54) is 13.2 Å². The van der Waals surface area contributed by atoms with Gasteiger partial charge in [0, 0.05) is 12.2 Å². The van der Waals surface area contributed by atoms with E-state index < -0.39 is 11.8 Å². The van der Waals surface area contributed by atoms with Gasteiger partial charge < -0.3 is 25.2 Å². The molecule has 1 heterocycles. The van der Waals surface area contributed by atoms with Gasteiger partial charge in [0.1, 0.15) is 5.82 Å². The highest BCUT2D eigenvalue weighted by Gasteiger charge is 2.26. The van der Waals surface area contributed by atoms with Gasteiger partial charge in [0.15, 0.2) is 0 Å². The number of aliphatic hydroxyl groups excluding tert-OH is 1. The summed E-state index contributed by atoms with van der Waals surface area (Å²) in [6, 6.07) is 2.09. The smallest absolute Gasteiger partial charge is 0.340 e. The number of nitrogen functional groups attached to an aromatic ring is 1. The molecule has 1 aliphatic rings. The molecular weight excluding hydrogens is 267 g/mol. The molecule has 110 valence electrons. The van der Waals surface area contributed by atoms with Gasteiger partial charge in [0.2, 0.25) is 0 Å². The number of morpholine rings is 1. The van der Waals surface area contributed by atoms with Crippen LogP contribution in [0.15, 0.2) is 12.1 Å². The van der Waals surface area contributed by atoms with Gasteiger partial charge >= 0.3 is 5.97 Å². The van der Waals surface area contributed by atoms with E-state index in [0.29, 0.717) is 19.8 Å². The SMILES string of the molecule is COC(=O)c1cc(N2CCOCC2CO)c(F)cc1N. The number of rotatable bonds is 3. The average molecular weight is 284 g/mol. The van der Waals surface area contributed by atoms with Crippen molar-refractivity contribution in [2.75, 3.05) is 44.1 Å². The van der Waals surface area contributed by atoms with Gasteiger partial charge in [0.25, 0.3) is 0 Å². The normalized spacial score (nSPS) is 18.9. The maximum Gasteiger partial charge on any atom is 0.340 e. The molecule has 0 bridgehead atoms. The summed E-state index contributed by atoms with van der Waals surface area (Å²) in [4.78, 5) is 13.3. The van der Waals surface area contributed by atoms with E-state index >= 15 is 0 Å². The fourth-order valence-electron chi connectivity index (χ4n) is 2.21. The molecule has 0 saturated carbocycles. The Morgan fingerprint density at radius 3 is 3.05 bits per heavy atom. The van der Waals surface area contributed by atoms with Crippen LogP contribution in [0.3, 0.4) is 0 Å². The summed E-state index contributed by atoms with van der Waals surface area (Å²) in [6.07, 6.45) is 0. The Labute approximate surface area is 115 Å². The molecule has 1 saturated heterocycles. The monoisotopic (exact) mass is 284 g/mol. The van der Waals surface area contributed by atoms with E-state index in [-0.39, 0.29) is 29.6 Å². The zero-order valence-corrected chi connectivity index (χ0v) is 11.1. The van der Waals surface area contributed by atoms with Crippen LogP contribution in [0.2, 0.25) is 0 Å². The number of halogens is 1. The third kappa shape index (κ3) is 2.68. The van der Waals surface area contributed by atoms with Gasteiger partial charge in [-0.25, -0.2) is 9.18 Å². The third-order valence-corrected chi connectivity index (χ3v) is 3.27. The van der Waals surface area contributed by atoms with Crippen molar-refractivity contribution < 1.29 is 23.8 Å². The number of hydrogen-bond acceptors (Lipinski definition) is 6. The maximum absolute atomic E-state index is 14.1. The predicted octanol–water partition coefficient (Wildman–Crippen LogP) is 0.392. The Hall–Kier alpha value is -1.86. The van der Waals surface area contributed by atoms with E-state index in [0.717, 1.165) is 6.07 Å². The van der Waals surface area contributed by atoms with Crippen molar-refractivity contribution in [1.82, 2.24) is 0 Å². The van der Waals surface area contributed by atoms with Crippen molar-refractivity contribution in [2.45, 2.75) is 6.04 Å². The predicted molar refractivity (Wildman–Crippen MR) is 71.2 cm³/mol. The van der Waals surface area contributed by atoms with Crippen LogP contribution in [0.1, 0.15) is 10.4 Å². The van der Waals surface area contributed by atoms with Crippen molar-refractivity contribution in [1.29, 1.82) is 0 Å². The summed E-state index contributed by atoms with van der Waals surface area (Å²) in [5.74, 6) is -1.17. The standard InChI is InChI=1S/C13H17FN2O4/c1-19-13(18)9-4-12(10(14)5-11(9)15)16-2-3-20-7-8(16)6-17/h4-5,8,17H,2-3,6-7,15H2,1H3. The van der Waals surface area contributed by atoms with Crippen LogP contribution >= 0.6 is 0 Å². The summed E-state index contributed by atoms with van der Waals surface area (Å²) < 4.78 is 24.0. The summed E-state index contributed by atoms with van der Waals surface area (Å²) in [5.41, 5.74) is 5.96. The highest BCUT2D eigenvalue weighted by Crippen LogP contribution is 2.28. The zero-order valence-electron chi connectivity index (χ0n) is 11.1. The highest BCUT2D eigenvalue weighted by molar-refractivity contribution is 5.96. The first-order chi connectivity index (χ1) is 9.58. The number of benzene rings is 1. The number of anilines is 2. The van der Waals surface area contributed by atoms with Gasteiger partial charge in [-0.1, -0.05) is 0 Å². The van der Waals surface area contributed by atoms with Crippen LogP contribution in [-0.2, 0) is 9.47 Å². The molecule has 3 N–H and O–H groups in total. The summed E-state index contributed by atoms with van der Waals surface area (Å²) in [6.45, 7) is 0.978. The summed E-state index contributed by atoms with van der Waals surface area (Å²) >= 11 is 0. The molecule has 2 rings (SSSR count). The highest BCUT2D eigenvalue weighted by atomic mass is 19.1. The Morgan fingerprint density at radius 1 is 1.65 bits per heavy atom. The fourth-order valence-corrected chi connectivity index (χ4v) is 2.21. The van der Waals surface area contributed by atoms with E-state index in [2.05, 4.69) is 4.74 Å². The van der Waals surface area contributed by atoms with Crippen molar-refractivity contribution in [3.8, 4) is 0 Å². The largest absolute Gasteiger partial charge is 0.465 e. The van der Waals surface area contributed by atoms with Gasteiger partial charge in [-0.05, 0) is 12.1 Å². The second-order valence-electron chi connectivity index (χ2n) is 4.49. The van der Waals surface area contributed by atoms with E-state index in [4.69, 9.17) is 10.5 Å². The number of ether oxygens (including phenoxy) is 2. The number of aliphatic hydroxyl groups is 1. The third-order valence-electron chi connectivity index (χ3n) is 3.27. The number of esters is 1. The summed E-state index contributed by atoms with van der Waals surface area (Å²) in [5, 5.41) is 9.33.